The van der Waals surface area contributed by atoms with E-state index >= 15 is 0 Å². The number of benzene rings is 2. The molecule has 0 saturated heterocycles. The lowest BCUT2D eigenvalue weighted by Gasteiger charge is -2.32. The van der Waals surface area contributed by atoms with Gasteiger partial charge in [0.05, 0.1) is 27.9 Å². The van der Waals surface area contributed by atoms with Gasteiger partial charge in [0, 0.05) is 31.7 Å². The van der Waals surface area contributed by atoms with Crippen LogP contribution in [0.25, 0.3) is 0 Å². The van der Waals surface area contributed by atoms with E-state index in [9.17, 15) is 4.79 Å². The van der Waals surface area contributed by atoms with E-state index in [2.05, 4.69) is 21.6 Å². The smallest absolute Gasteiger partial charge is 0.251 e. The number of guanidine groups is 1. The Labute approximate surface area is 212 Å². The van der Waals surface area contributed by atoms with Crippen LogP contribution in [0.3, 0.4) is 0 Å². The predicted molar refractivity (Wildman–Crippen MR) is 140 cm³/mol. The number of carbonyl (C=O) groups excluding carboxylic acids is 1. The second-order valence-corrected chi connectivity index (χ2v) is 7.37. The summed E-state index contributed by atoms with van der Waals surface area (Å²) in [4.78, 5) is 19.3. The Morgan fingerprint density at radius 3 is 2.27 bits per heavy atom. The highest BCUT2D eigenvalue weighted by molar-refractivity contribution is 14.0. The molecule has 0 bridgehead atoms. The summed E-state index contributed by atoms with van der Waals surface area (Å²) in [5.41, 5.74) is 3.06. The van der Waals surface area contributed by atoms with Gasteiger partial charge in [0.15, 0.2) is 17.5 Å². The molecule has 2 aromatic carbocycles. The molecule has 0 aliphatic carbocycles. The van der Waals surface area contributed by atoms with Gasteiger partial charge in [-0.15, -0.1) is 24.0 Å². The number of methoxy groups -OCH3 is 3. The minimum atomic E-state index is -0.124. The van der Waals surface area contributed by atoms with Gasteiger partial charge in [-0.3, -0.25) is 9.79 Å². The van der Waals surface area contributed by atoms with Crippen LogP contribution >= 0.6 is 24.0 Å². The Hall–Kier alpha value is -2.69. The van der Waals surface area contributed by atoms with Crippen molar-refractivity contribution < 1.29 is 19.0 Å². The molecule has 0 spiro atoms. The van der Waals surface area contributed by atoms with Crippen LogP contribution in [0.5, 0.6) is 17.2 Å². The molecule has 0 fully saturated rings. The number of hydrogen-bond donors (Lipinski definition) is 2. The summed E-state index contributed by atoms with van der Waals surface area (Å²) in [6.45, 7) is 5.35. The molecule has 0 radical (unpaired) electrons. The van der Waals surface area contributed by atoms with Crippen molar-refractivity contribution in [3.8, 4) is 17.2 Å². The second kappa shape index (κ2) is 13.1. The fraction of sp³-hybridized carbons (Fsp3) is 0.417. The number of nitrogens with one attached hydrogen (secondary N) is 2. The van der Waals surface area contributed by atoms with Crippen LogP contribution in [0, 0.1) is 0 Å². The molecule has 9 heteroatoms. The quantitative estimate of drug-likeness (QED) is 0.221. The van der Waals surface area contributed by atoms with E-state index in [4.69, 9.17) is 19.2 Å². The molecular formula is C24H33IN4O4. The van der Waals surface area contributed by atoms with Crippen LogP contribution in [0.1, 0.15) is 28.4 Å². The van der Waals surface area contributed by atoms with Crippen molar-refractivity contribution in [2.45, 2.75) is 19.9 Å². The average Bonchev–Trinajstić information content (AvgIpc) is 2.84. The van der Waals surface area contributed by atoms with E-state index in [1.807, 2.05) is 13.0 Å². The minimum absolute atomic E-state index is 0. The fourth-order valence-electron chi connectivity index (χ4n) is 3.67. The standard InChI is InChI=1S/C24H32N4O4.HI/c1-5-25-24(27-12-11-26-23(29)17-6-8-20(30-2)9-7-17)28-13-10-18-14-21(31-3)22(32-4)15-19(18)16-28;/h6-9,14-15H,5,10-13,16H2,1-4H3,(H,25,27)(H,26,29);1H. The first-order valence-electron chi connectivity index (χ1n) is 10.8. The number of aliphatic imine (C=N–C) groups is 1. The maximum absolute atomic E-state index is 12.3. The van der Waals surface area contributed by atoms with Crippen LogP contribution in [-0.2, 0) is 13.0 Å². The Bertz CT molecular complexity index is 950. The number of halogens is 1. The molecular weight excluding hydrogens is 535 g/mol. The molecule has 1 heterocycles. The number of rotatable bonds is 8. The Morgan fingerprint density at radius 2 is 1.67 bits per heavy atom. The first-order chi connectivity index (χ1) is 15.6. The van der Waals surface area contributed by atoms with Gasteiger partial charge < -0.3 is 29.7 Å². The molecule has 3 rings (SSSR count). The highest BCUT2D eigenvalue weighted by atomic mass is 127. The number of ether oxygens (including phenoxy) is 3. The number of carbonyl (C=O) groups is 1. The summed E-state index contributed by atoms with van der Waals surface area (Å²) in [5.74, 6) is 2.93. The summed E-state index contributed by atoms with van der Waals surface area (Å²) >= 11 is 0. The van der Waals surface area contributed by atoms with Crippen molar-refractivity contribution in [1.29, 1.82) is 0 Å². The van der Waals surface area contributed by atoms with Crippen LogP contribution in [0.4, 0.5) is 0 Å². The minimum Gasteiger partial charge on any atom is -0.497 e. The first-order valence-corrected chi connectivity index (χ1v) is 10.8. The van der Waals surface area contributed by atoms with E-state index in [-0.39, 0.29) is 29.9 Å². The third-order valence-electron chi connectivity index (χ3n) is 5.36. The van der Waals surface area contributed by atoms with Gasteiger partial charge in [-0.05, 0) is 60.9 Å². The number of amides is 1. The molecule has 0 atom stereocenters. The molecule has 0 aromatic heterocycles. The van der Waals surface area contributed by atoms with Crippen molar-refractivity contribution in [2.75, 3.05) is 47.5 Å². The summed E-state index contributed by atoms with van der Waals surface area (Å²) < 4.78 is 16.0. The molecule has 0 saturated carbocycles. The van der Waals surface area contributed by atoms with Gasteiger partial charge in [0.2, 0.25) is 0 Å². The highest BCUT2D eigenvalue weighted by Gasteiger charge is 2.21. The third kappa shape index (κ3) is 6.89. The summed E-state index contributed by atoms with van der Waals surface area (Å²) in [5, 5.41) is 6.28. The normalized spacial score (nSPS) is 12.8. The lowest BCUT2D eigenvalue weighted by Crippen LogP contribution is -2.44. The van der Waals surface area contributed by atoms with E-state index in [0.29, 0.717) is 18.7 Å². The number of hydrogen-bond acceptors (Lipinski definition) is 5. The topological polar surface area (TPSA) is 84.4 Å². The van der Waals surface area contributed by atoms with Gasteiger partial charge in [0.25, 0.3) is 5.91 Å². The number of nitrogens with zero attached hydrogens (tertiary/aromatic N) is 2. The van der Waals surface area contributed by atoms with E-state index in [0.717, 1.165) is 49.3 Å². The van der Waals surface area contributed by atoms with Crippen LogP contribution in [0.15, 0.2) is 41.4 Å². The number of fused-ring (bicyclic) bond motifs is 1. The SMILES string of the molecule is CCNC(=NCCNC(=O)c1ccc(OC)cc1)N1CCc2cc(OC)c(OC)cc2C1.I. The Morgan fingerprint density at radius 1 is 1.00 bits per heavy atom. The average molecular weight is 568 g/mol. The third-order valence-corrected chi connectivity index (χ3v) is 5.36. The largest absolute Gasteiger partial charge is 0.497 e. The monoisotopic (exact) mass is 568 g/mol. The molecule has 1 aliphatic heterocycles. The predicted octanol–water partition coefficient (Wildman–Crippen LogP) is 3.08. The summed E-state index contributed by atoms with van der Waals surface area (Å²) in [6.07, 6.45) is 0.897. The Balaban J connectivity index is 0.00000385. The van der Waals surface area contributed by atoms with Gasteiger partial charge in [-0.25, -0.2) is 0 Å². The molecule has 0 unspecified atom stereocenters. The van der Waals surface area contributed by atoms with Crippen molar-refractivity contribution in [3.05, 3.63) is 53.1 Å². The highest BCUT2D eigenvalue weighted by Crippen LogP contribution is 2.33. The van der Waals surface area contributed by atoms with Crippen LogP contribution in [-0.4, -0.2) is 64.3 Å². The zero-order valence-corrected chi connectivity index (χ0v) is 22.0. The maximum atomic E-state index is 12.3. The zero-order valence-electron chi connectivity index (χ0n) is 19.6. The first kappa shape index (κ1) is 26.6. The molecule has 1 aliphatic rings. The van der Waals surface area contributed by atoms with Crippen molar-refractivity contribution in [2.24, 2.45) is 4.99 Å². The molecule has 33 heavy (non-hydrogen) atoms. The lowest BCUT2D eigenvalue weighted by atomic mass is 9.99. The van der Waals surface area contributed by atoms with Crippen molar-refractivity contribution >= 4 is 35.8 Å². The summed E-state index contributed by atoms with van der Waals surface area (Å²) in [7, 11) is 4.91. The van der Waals surface area contributed by atoms with E-state index in [1.165, 1.54) is 11.1 Å². The van der Waals surface area contributed by atoms with Gasteiger partial charge in [-0.1, -0.05) is 0 Å². The van der Waals surface area contributed by atoms with Gasteiger partial charge in [0.1, 0.15) is 5.75 Å². The maximum Gasteiger partial charge on any atom is 0.251 e. The lowest BCUT2D eigenvalue weighted by molar-refractivity contribution is 0.0954. The second-order valence-electron chi connectivity index (χ2n) is 7.37. The molecule has 2 N–H and O–H groups in total. The van der Waals surface area contributed by atoms with Gasteiger partial charge >= 0.3 is 0 Å². The van der Waals surface area contributed by atoms with E-state index in [1.54, 1.807) is 45.6 Å². The molecule has 1 amide bonds. The molecule has 2 aromatic rings. The molecule has 180 valence electrons. The van der Waals surface area contributed by atoms with Crippen LogP contribution < -0.4 is 24.8 Å². The van der Waals surface area contributed by atoms with Crippen molar-refractivity contribution in [1.82, 2.24) is 15.5 Å². The Kier molecular flexibility index (Phi) is 10.6. The summed E-state index contributed by atoms with van der Waals surface area (Å²) in [6, 6.07) is 11.1. The van der Waals surface area contributed by atoms with E-state index < -0.39 is 0 Å². The fourth-order valence-corrected chi connectivity index (χ4v) is 3.67. The van der Waals surface area contributed by atoms with Crippen molar-refractivity contribution in [3.63, 3.8) is 0 Å². The molecule has 8 nitrogen and oxygen atoms in total. The van der Waals surface area contributed by atoms with Gasteiger partial charge in [-0.2, -0.15) is 0 Å². The van der Waals surface area contributed by atoms with Crippen LogP contribution in [0.2, 0.25) is 0 Å². The zero-order chi connectivity index (χ0) is 22.9.